The topological polar surface area (TPSA) is 63.4 Å². The maximum Gasteiger partial charge on any atom is 0.239 e. The monoisotopic (exact) mass is 314 g/mol. The molecule has 0 saturated carbocycles. The van der Waals surface area contributed by atoms with E-state index in [0.717, 1.165) is 0 Å². The largest absolute Gasteiger partial charge is 0.330 e. The molecule has 0 spiro atoms. The van der Waals surface area contributed by atoms with Crippen LogP contribution in [0.15, 0.2) is 0 Å². The Morgan fingerprint density at radius 2 is 1.62 bits per heavy atom. The van der Waals surface area contributed by atoms with E-state index in [1.165, 1.54) is 4.90 Å². The quantitative estimate of drug-likeness (QED) is 0.751. The van der Waals surface area contributed by atoms with Crippen molar-refractivity contribution in [1.29, 1.82) is 0 Å². The number of carbonyl (C=O) groups is 2. The van der Waals surface area contributed by atoms with Crippen LogP contribution in [-0.2, 0) is 9.59 Å². The number of rotatable bonds is 5. The summed E-state index contributed by atoms with van der Waals surface area (Å²) in [5.74, 6) is -0.448. The van der Waals surface area contributed by atoms with Gasteiger partial charge in [-0.05, 0) is 13.0 Å². The van der Waals surface area contributed by atoms with E-state index in [1.54, 1.807) is 0 Å². The molecule has 0 bridgehead atoms. The third-order valence-electron chi connectivity index (χ3n) is 1.42. The highest BCUT2D eigenvalue weighted by molar-refractivity contribution is 9.09. The van der Waals surface area contributed by atoms with Crippen LogP contribution < -0.4 is 5.73 Å². The smallest absolute Gasteiger partial charge is 0.239 e. The Labute approximate surface area is 94.1 Å². The van der Waals surface area contributed by atoms with Crippen molar-refractivity contribution in [3.8, 4) is 0 Å². The maximum atomic E-state index is 11.2. The number of imide groups is 1. The SMILES string of the molecule is NCCCN(C(=O)CBr)C(=O)CBr. The van der Waals surface area contributed by atoms with Crippen molar-refractivity contribution >= 4 is 43.7 Å². The van der Waals surface area contributed by atoms with Crippen molar-refractivity contribution in [1.82, 2.24) is 4.90 Å². The minimum Gasteiger partial charge on any atom is -0.330 e. The number of hydrogen-bond acceptors (Lipinski definition) is 3. The van der Waals surface area contributed by atoms with Crippen LogP contribution in [0.3, 0.4) is 0 Å². The molecule has 0 aliphatic carbocycles. The zero-order valence-corrected chi connectivity index (χ0v) is 10.3. The molecule has 0 radical (unpaired) electrons. The van der Waals surface area contributed by atoms with Crippen molar-refractivity contribution in [3.63, 3.8) is 0 Å². The standard InChI is InChI=1S/C7H12Br2N2O2/c8-4-6(12)11(3-1-2-10)7(13)5-9/h1-5,10H2. The van der Waals surface area contributed by atoms with E-state index in [-0.39, 0.29) is 22.5 Å². The average molecular weight is 316 g/mol. The van der Waals surface area contributed by atoms with Crippen molar-refractivity contribution in [2.24, 2.45) is 5.73 Å². The second kappa shape index (κ2) is 7.46. The molecule has 0 fully saturated rings. The number of nitrogens with zero attached hydrogens (tertiary/aromatic N) is 1. The lowest BCUT2D eigenvalue weighted by Gasteiger charge is -2.18. The van der Waals surface area contributed by atoms with Crippen LogP contribution in [0.25, 0.3) is 0 Å². The molecule has 0 rings (SSSR count). The zero-order valence-electron chi connectivity index (χ0n) is 7.13. The first kappa shape index (κ1) is 13.1. The summed E-state index contributed by atoms with van der Waals surface area (Å²) >= 11 is 6.03. The number of alkyl halides is 2. The Kier molecular flexibility index (Phi) is 7.50. The maximum absolute atomic E-state index is 11.2. The van der Waals surface area contributed by atoms with Gasteiger partial charge in [0.05, 0.1) is 10.7 Å². The van der Waals surface area contributed by atoms with E-state index in [9.17, 15) is 9.59 Å². The van der Waals surface area contributed by atoms with E-state index in [1.807, 2.05) is 0 Å². The van der Waals surface area contributed by atoms with Crippen LogP contribution in [0, 0.1) is 0 Å². The first-order valence-electron chi connectivity index (χ1n) is 3.82. The van der Waals surface area contributed by atoms with Gasteiger partial charge < -0.3 is 5.73 Å². The summed E-state index contributed by atoms with van der Waals surface area (Å²) in [5, 5.41) is 0.326. The van der Waals surface area contributed by atoms with Crippen LogP contribution in [0.1, 0.15) is 6.42 Å². The lowest BCUT2D eigenvalue weighted by atomic mass is 10.3. The predicted molar refractivity (Wildman–Crippen MR) is 58.0 cm³/mol. The molecule has 6 heteroatoms. The molecular weight excluding hydrogens is 304 g/mol. The van der Waals surface area contributed by atoms with E-state index in [2.05, 4.69) is 31.9 Å². The van der Waals surface area contributed by atoms with Crippen LogP contribution in [0.2, 0.25) is 0 Å². The fourth-order valence-electron chi connectivity index (χ4n) is 0.782. The van der Waals surface area contributed by atoms with Gasteiger partial charge in [-0.2, -0.15) is 0 Å². The molecule has 0 heterocycles. The average Bonchev–Trinajstić information content (AvgIpc) is 2.17. The fraction of sp³-hybridized carbons (Fsp3) is 0.714. The van der Waals surface area contributed by atoms with Gasteiger partial charge in [-0.3, -0.25) is 14.5 Å². The Bertz CT molecular complexity index is 171. The van der Waals surface area contributed by atoms with Crippen molar-refractivity contribution in [2.75, 3.05) is 23.7 Å². The summed E-state index contributed by atoms with van der Waals surface area (Å²) in [6.07, 6.45) is 0.636. The molecule has 13 heavy (non-hydrogen) atoms. The molecule has 0 unspecified atom stereocenters. The molecule has 0 aromatic rings. The van der Waals surface area contributed by atoms with Gasteiger partial charge in [0.25, 0.3) is 0 Å². The van der Waals surface area contributed by atoms with Crippen LogP contribution in [-0.4, -0.2) is 40.5 Å². The van der Waals surface area contributed by atoms with Crippen LogP contribution in [0.4, 0.5) is 0 Å². The molecule has 0 aromatic heterocycles. The van der Waals surface area contributed by atoms with Gasteiger partial charge in [0.2, 0.25) is 11.8 Å². The Balaban J connectivity index is 4.18. The van der Waals surface area contributed by atoms with Gasteiger partial charge in [-0.25, -0.2) is 0 Å². The molecule has 4 nitrogen and oxygen atoms in total. The molecule has 0 saturated heterocycles. The molecule has 2 amide bonds. The van der Waals surface area contributed by atoms with Gasteiger partial charge in [0.1, 0.15) is 0 Å². The number of halogens is 2. The van der Waals surface area contributed by atoms with E-state index in [4.69, 9.17) is 5.73 Å². The van der Waals surface area contributed by atoms with Gasteiger partial charge in [0, 0.05) is 6.54 Å². The Morgan fingerprint density at radius 3 is 1.92 bits per heavy atom. The van der Waals surface area contributed by atoms with Gasteiger partial charge in [0.15, 0.2) is 0 Å². The Morgan fingerprint density at radius 1 is 1.15 bits per heavy atom. The lowest BCUT2D eigenvalue weighted by molar-refractivity contribution is -0.141. The second-order valence-corrected chi connectivity index (χ2v) is 3.47. The highest BCUT2D eigenvalue weighted by atomic mass is 79.9. The molecule has 0 aliphatic heterocycles. The first-order chi connectivity index (χ1) is 6.17. The van der Waals surface area contributed by atoms with Gasteiger partial charge in [-0.1, -0.05) is 31.9 Å². The van der Waals surface area contributed by atoms with Gasteiger partial charge >= 0.3 is 0 Å². The summed E-state index contributed by atoms with van der Waals surface area (Å²) in [4.78, 5) is 23.6. The van der Waals surface area contributed by atoms with E-state index in [0.29, 0.717) is 19.5 Å². The fourth-order valence-corrected chi connectivity index (χ4v) is 1.39. The summed E-state index contributed by atoms with van der Waals surface area (Å²) in [5.41, 5.74) is 5.29. The van der Waals surface area contributed by atoms with E-state index < -0.39 is 0 Å². The zero-order chi connectivity index (χ0) is 10.3. The van der Waals surface area contributed by atoms with Crippen molar-refractivity contribution < 1.29 is 9.59 Å². The molecule has 0 aliphatic rings. The van der Waals surface area contributed by atoms with Crippen molar-refractivity contribution in [2.45, 2.75) is 6.42 Å². The number of amides is 2. The predicted octanol–water partition coefficient (Wildman–Crippen LogP) is 0.480. The molecule has 76 valence electrons. The third-order valence-corrected chi connectivity index (χ3v) is 2.38. The highest BCUT2D eigenvalue weighted by Gasteiger charge is 2.17. The summed E-state index contributed by atoms with van der Waals surface area (Å²) in [7, 11) is 0. The summed E-state index contributed by atoms with van der Waals surface area (Å²) in [6.45, 7) is 0.868. The van der Waals surface area contributed by atoms with E-state index >= 15 is 0 Å². The number of nitrogens with two attached hydrogens (primary N) is 1. The second-order valence-electron chi connectivity index (χ2n) is 2.35. The number of carbonyl (C=O) groups excluding carboxylic acids is 2. The highest BCUT2D eigenvalue weighted by Crippen LogP contribution is 1.99. The van der Waals surface area contributed by atoms with Gasteiger partial charge in [-0.15, -0.1) is 0 Å². The molecule has 0 atom stereocenters. The third kappa shape index (κ3) is 4.73. The first-order valence-corrected chi connectivity index (χ1v) is 6.06. The minimum atomic E-state index is -0.224. The molecular formula is C7H12Br2N2O2. The van der Waals surface area contributed by atoms with Crippen LogP contribution >= 0.6 is 31.9 Å². The normalized spacial score (nSPS) is 9.77. The van der Waals surface area contributed by atoms with Crippen molar-refractivity contribution in [3.05, 3.63) is 0 Å². The molecule has 0 aromatic carbocycles. The lowest BCUT2D eigenvalue weighted by Crippen LogP contribution is -2.39. The summed E-state index contributed by atoms with van der Waals surface area (Å²) < 4.78 is 0. The minimum absolute atomic E-state index is 0.163. The number of hydrogen-bond donors (Lipinski definition) is 1. The summed E-state index contributed by atoms with van der Waals surface area (Å²) in [6, 6.07) is 0. The Hall–Kier alpha value is 0.0600. The molecule has 2 N–H and O–H groups in total. The van der Waals surface area contributed by atoms with Crippen LogP contribution in [0.5, 0.6) is 0 Å².